The molecule has 1 N–H and O–H groups in total. The molecular weight excluding hydrogens is 473 g/mol. The maximum absolute atomic E-state index is 11.0. The van der Waals surface area contributed by atoms with E-state index in [4.69, 9.17) is 9.84 Å². The molecule has 1 aliphatic carbocycles. The number of carboxylic acid groups (broad SMARTS) is 1. The van der Waals surface area contributed by atoms with Gasteiger partial charge in [-0.3, -0.25) is 4.68 Å². The van der Waals surface area contributed by atoms with Crippen molar-refractivity contribution < 1.29 is 14.6 Å². The fourth-order valence-electron chi connectivity index (χ4n) is 3.26. The molecule has 0 aliphatic heterocycles. The van der Waals surface area contributed by atoms with Crippen molar-refractivity contribution in [2.75, 3.05) is 0 Å². The quantitative estimate of drug-likeness (QED) is 0.384. The molecule has 9 heteroatoms. The molecule has 0 spiro atoms. The van der Waals surface area contributed by atoms with E-state index in [2.05, 4.69) is 46.7 Å². The minimum Gasteiger partial charge on any atom is -0.476 e. The third-order valence-corrected chi connectivity index (χ3v) is 5.30. The molecule has 0 radical (unpaired) electrons. The second-order valence-electron chi connectivity index (χ2n) is 6.57. The van der Waals surface area contributed by atoms with E-state index in [1.54, 1.807) is 17.1 Å². The number of carboxylic acids is 1. The molecule has 0 aromatic carbocycles. The van der Waals surface area contributed by atoms with Crippen molar-refractivity contribution in [1.82, 2.24) is 14.8 Å². The highest BCUT2D eigenvalue weighted by atomic mass is 79.9. The zero-order valence-corrected chi connectivity index (χ0v) is 20.8. The van der Waals surface area contributed by atoms with E-state index in [-0.39, 0.29) is 11.8 Å². The summed E-state index contributed by atoms with van der Waals surface area (Å²) in [5, 5.41) is 13.2. The lowest BCUT2D eigenvalue weighted by atomic mass is 9.85. The average molecular weight is 504 g/mol. The van der Waals surface area contributed by atoms with E-state index in [1.165, 1.54) is 0 Å². The Morgan fingerprint density at radius 2 is 2.00 bits per heavy atom. The summed E-state index contributed by atoms with van der Waals surface area (Å²) in [6.45, 7) is 6.75. The first-order valence-corrected chi connectivity index (χ1v) is 12.7. The molecule has 1 fully saturated rings. The van der Waals surface area contributed by atoms with E-state index in [1.807, 2.05) is 32.9 Å². The molecule has 0 saturated heterocycles. The summed E-state index contributed by atoms with van der Waals surface area (Å²) in [6.07, 6.45) is 9.04. The Bertz CT molecular complexity index is 752. The van der Waals surface area contributed by atoms with Crippen molar-refractivity contribution in [1.29, 1.82) is 0 Å². The van der Waals surface area contributed by atoms with Crippen LogP contribution >= 0.6 is 36.6 Å². The second-order valence-corrected chi connectivity index (χ2v) is 7.42. The van der Waals surface area contributed by atoms with E-state index in [0.717, 1.165) is 50.1 Å². The molecule has 2 aromatic rings. The summed E-state index contributed by atoms with van der Waals surface area (Å²) in [4.78, 5) is 15.3. The van der Waals surface area contributed by atoms with E-state index < -0.39 is 5.97 Å². The summed E-state index contributed by atoms with van der Waals surface area (Å²) >= 11 is 6.69. The number of halogens is 1. The van der Waals surface area contributed by atoms with Gasteiger partial charge in [0.25, 0.3) is 0 Å². The van der Waals surface area contributed by atoms with Crippen LogP contribution in [0.3, 0.4) is 0 Å². The van der Waals surface area contributed by atoms with Crippen molar-refractivity contribution in [3.63, 3.8) is 0 Å². The zero-order chi connectivity index (χ0) is 21.8. The number of aromatic nitrogens is 3. The van der Waals surface area contributed by atoms with Crippen molar-refractivity contribution in [3.8, 4) is 5.88 Å². The van der Waals surface area contributed by atoms with Crippen LogP contribution in [0.25, 0.3) is 0 Å². The van der Waals surface area contributed by atoms with Crippen molar-refractivity contribution in [2.24, 2.45) is 5.92 Å². The predicted octanol–water partition coefficient (Wildman–Crippen LogP) is 5.81. The van der Waals surface area contributed by atoms with Gasteiger partial charge >= 0.3 is 5.97 Å². The maximum Gasteiger partial charge on any atom is 0.357 e. The summed E-state index contributed by atoms with van der Waals surface area (Å²) < 4.78 is 8.29. The number of ether oxygens (including phenoxy) is 1. The van der Waals surface area contributed by atoms with Crippen LogP contribution in [-0.2, 0) is 6.54 Å². The van der Waals surface area contributed by atoms with Crippen LogP contribution < -0.4 is 4.74 Å². The number of aromatic carboxylic acids is 1. The van der Waals surface area contributed by atoms with Crippen molar-refractivity contribution in [3.05, 3.63) is 40.3 Å². The van der Waals surface area contributed by atoms with Crippen LogP contribution in [0.15, 0.2) is 29.0 Å². The molecule has 0 amide bonds. The molecular formula is C20H31BrN3O3PS. The normalized spacial score (nSPS) is 18.0. The number of hydrogen-bond donors (Lipinski definition) is 2. The lowest BCUT2D eigenvalue weighted by Crippen LogP contribution is -2.25. The third kappa shape index (κ3) is 8.27. The van der Waals surface area contributed by atoms with Crippen LogP contribution in [0.5, 0.6) is 5.88 Å². The smallest absolute Gasteiger partial charge is 0.357 e. The molecule has 1 atom stereocenters. The summed E-state index contributed by atoms with van der Waals surface area (Å²) in [5.41, 5.74) is 1.14. The SMILES string of the molecule is CC.Cc1cccnc1OC1CCC(CCn2cc(Br)c(C(=O)O)n2)CC1.PS. The fourth-order valence-corrected chi connectivity index (χ4v) is 3.75. The lowest BCUT2D eigenvalue weighted by molar-refractivity contribution is 0.0688. The van der Waals surface area contributed by atoms with E-state index in [0.29, 0.717) is 10.4 Å². The largest absolute Gasteiger partial charge is 0.476 e. The van der Waals surface area contributed by atoms with E-state index in [9.17, 15) is 4.79 Å². The Balaban J connectivity index is 0.000000989. The maximum atomic E-state index is 11.0. The Morgan fingerprint density at radius 1 is 1.34 bits per heavy atom. The molecule has 162 valence electrons. The number of carbonyl (C=O) groups is 1. The van der Waals surface area contributed by atoms with Gasteiger partial charge in [0.1, 0.15) is 6.10 Å². The monoisotopic (exact) mass is 503 g/mol. The highest BCUT2D eigenvalue weighted by molar-refractivity contribution is 9.10. The Labute approximate surface area is 189 Å². The van der Waals surface area contributed by atoms with Crippen molar-refractivity contribution in [2.45, 2.75) is 65.5 Å². The number of pyridine rings is 1. The van der Waals surface area contributed by atoms with Crippen molar-refractivity contribution >= 4 is 42.6 Å². The van der Waals surface area contributed by atoms with Gasteiger partial charge < -0.3 is 9.84 Å². The first-order chi connectivity index (χ1) is 14.0. The molecule has 3 rings (SSSR count). The second kappa shape index (κ2) is 14.0. The van der Waals surface area contributed by atoms with Gasteiger partial charge in [-0.2, -0.15) is 17.3 Å². The van der Waals surface area contributed by atoms with Gasteiger partial charge in [-0.25, -0.2) is 9.78 Å². The van der Waals surface area contributed by atoms with Gasteiger partial charge in [0.2, 0.25) is 5.88 Å². The highest BCUT2D eigenvalue weighted by Crippen LogP contribution is 2.30. The van der Waals surface area contributed by atoms with Gasteiger partial charge in [-0.1, -0.05) is 28.4 Å². The number of aryl methyl sites for hydroxylation is 2. The Hall–Kier alpha value is -1.11. The Morgan fingerprint density at radius 3 is 2.55 bits per heavy atom. The van der Waals surface area contributed by atoms with Crippen LogP contribution in [0.4, 0.5) is 0 Å². The molecule has 1 aliphatic rings. The summed E-state index contributed by atoms with van der Waals surface area (Å²) in [6, 6.07) is 3.93. The number of rotatable bonds is 6. The zero-order valence-electron chi connectivity index (χ0n) is 17.2. The minimum absolute atomic E-state index is 0.0721. The highest BCUT2D eigenvalue weighted by Gasteiger charge is 2.23. The average Bonchev–Trinajstić information content (AvgIpc) is 3.13. The third-order valence-electron chi connectivity index (χ3n) is 4.72. The molecule has 29 heavy (non-hydrogen) atoms. The van der Waals surface area contributed by atoms with Gasteiger partial charge in [-0.15, -0.1) is 0 Å². The van der Waals surface area contributed by atoms with Gasteiger partial charge in [-0.05, 0) is 66.9 Å². The summed E-state index contributed by atoms with van der Waals surface area (Å²) in [7, 11) is 2.11. The van der Waals surface area contributed by atoms with Gasteiger partial charge in [0.05, 0.1) is 4.47 Å². The number of hydrogen-bond acceptors (Lipinski definition) is 5. The van der Waals surface area contributed by atoms with Crippen LogP contribution in [0.2, 0.25) is 0 Å². The first kappa shape index (κ1) is 25.9. The first-order valence-electron chi connectivity index (χ1n) is 9.83. The van der Waals surface area contributed by atoms with Crippen LogP contribution in [-0.4, -0.2) is 31.9 Å². The molecule has 6 nitrogen and oxygen atoms in total. The number of nitrogens with zero attached hydrogens (tertiary/aromatic N) is 3. The van der Waals surface area contributed by atoms with Gasteiger partial charge in [0, 0.05) is 24.5 Å². The van der Waals surface area contributed by atoms with Crippen LogP contribution in [0, 0.1) is 12.8 Å². The Kier molecular flexibility index (Phi) is 12.5. The molecule has 2 heterocycles. The predicted molar refractivity (Wildman–Crippen MR) is 127 cm³/mol. The molecule has 2 aromatic heterocycles. The lowest BCUT2D eigenvalue weighted by Gasteiger charge is -2.29. The minimum atomic E-state index is -1.01. The van der Waals surface area contributed by atoms with Crippen LogP contribution in [0.1, 0.15) is 62.0 Å². The molecule has 1 unspecified atom stereocenters. The van der Waals surface area contributed by atoms with Gasteiger partial charge in [0.15, 0.2) is 5.69 Å². The molecule has 0 bridgehead atoms. The fraction of sp³-hybridized carbons (Fsp3) is 0.550. The summed E-state index contributed by atoms with van der Waals surface area (Å²) in [5.74, 6) is 0.363. The standard InChI is InChI=1S/C18H22BrN3O3.C2H6.H3PS/c1-12-3-2-9-20-17(12)25-14-6-4-13(5-7-14)8-10-22-11-15(19)16(21-22)18(23)24;2*1-2/h2-3,9,11,13-14H,4-8,10H2,1H3,(H,23,24);1-2H3;2H,1H2. The topological polar surface area (TPSA) is 77.2 Å². The van der Waals surface area contributed by atoms with E-state index >= 15 is 0 Å². The molecule has 1 saturated carbocycles. The number of thiol groups is 1.